The van der Waals surface area contributed by atoms with Gasteiger partial charge in [-0.2, -0.15) is 11.8 Å². The molecule has 0 aliphatic carbocycles. The minimum absolute atomic E-state index is 0.0914. The molecule has 18 heavy (non-hydrogen) atoms. The average Bonchev–Trinajstić information content (AvgIpc) is 2.28. The predicted molar refractivity (Wildman–Crippen MR) is 79.6 cm³/mol. The van der Waals surface area contributed by atoms with Crippen LogP contribution in [0.25, 0.3) is 0 Å². The molecule has 0 saturated heterocycles. The van der Waals surface area contributed by atoms with Crippen LogP contribution < -0.4 is 10.9 Å². The third kappa shape index (κ3) is 5.12. The first-order valence-electron chi connectivity index (χ1n) is 6.48. The van der Waals surface area contributed by atoms with Gasteiger partial charge in [0.2, 0.25) is 0 Å². The van der Waals surface area contributed by atoms with Crippen molar-refractivity contribution in [2.24, 2.45) is 0 Å². The van der Waals surface area contributed by atoms with Gasteiger partial charge in [0.25, 0.3) is 5.56 Å². The van der Waals surface area contributed by atoms with Crippen LogP contribution in [0, 0.1) is 0 Å². The number of nitrogens with one attached hydrogen (secondary N) is 2. The molecule has 0 spiro atoms. The van der Waals surface area contributed by atoms with Crippen molar-refractivity contribution in [3.63, 3.8) is 0 Å². The number of hydrogen-bond donors (Lipinski definition) is 2. The molecule has 0 aliphatic heterocycles. The molecule has 5 heteroatoms. The van der Waals surface area contributed by atoms with E-state index in [1.54, 1.807) is 0 Å². The normalized spacial score (nSPS) is 12.7. The first-order valence-corrected chi connectivity index (χ1v) is 7.64. The number of hydrogen-bond acceptors (Lipinski definition) is 4. The molecule has 0 bridgehead atoms. The third-order valence-electron chi connectivity index (χ3n) is 2.60. The fraction of sp³-hybridized carbons (Fsp3) is 0.692. The quantitative estimate of drug-likeness (QED) is 0.747. The first-order chi connectivity index (χ1) is 8.52. The highest BCUT2D eigenvalue weighted by Crippen LogP contribution is 2.11. The van der Waals surface area contributed by atoms with Crippen molar-refractivity contribution in [1.82, 2.24) is 9.97 Å². The van der Waals surface area contributed by atoms with E-state index in [1.807, 2.05) is 25.6 Å². The van der Waals surface area contributed by atoms with E-state index < -0.39 is 0 Å². The number of aromatic amines is 1. The van der Waals surface area contributed by atoms with Crippen LogP contribution in [0.15, 0.2) is 10.9 Å². The van der Waals surface area contributed by atoms with Gasteiger partial charge in [0.15, 0.2) is 0 Å². The maximum absolute atomic E-state index is 11.5. The van der Waals surface area contributed by atoms with Gasteiger partial charge in [-0.1, -0.05) is 20.8 Å². The summed E-state index contributed by atoms with van der Waals surface area (Å²) < 4.78 is 0. The summed E-state index contributed by atoms with van der Waals surface area (Å²) in [6.07, 6.45) is 1.07. The zero-order valence-corrected chi connectivity index (χ0v) is 12.4. The highest BCUT2D eigenvalue weighted by atomic mass is 32.2. The van der Waals surface area contributed by atoms with Crippen LogP contribution >= 0.6 is 11.8 Å². The lowest BCUT2D eigenvalue weighted by molar-refractivity contribution is 0.741. The van der Waals surface area contributed by atoms with Gasteiger partial charge in [-0.05, 0) is 24.9 Å². The molecule has 1 atom stereocenters. The van der Waals surface area contributed by atoms with E-state index in [0.717, 1.165) is 23.8 Å². The zero-order valence-electron chi connectivity index (χ0n) is 11.6. The number of aromatic nitrogens is 2. The molecule has 0 fully saturated rings. The van der Waals surface area contributed by atoms with Crippen LogP contribution in [0.4, 0.5) is 5.82 Å². The Balaban J connectivity index is 2.63. The van der Waals surface area contributed by atoms with Crippen LogP contribution in [-0.4, -0.2) is 27.5 Å². The minimum atomic E-state index is -0.0914. The molecular formula is C13H23N3OS. The lowest BCUT2D eigenvalue weighted by atomic mass is 10.2. The predicted octanol–water partition coefficient (Wildman–Crippen LogP) is 2.84. The van der Waals surface area contributed by atoms with Crippen molar-refractivity contribution in [2.45, 2.75) is 46.1 Å². The second-order valence-corrected chi connectivity index (χ2v) is 6.10. The van der Waals surface area contributed by atoms with Crippen molar-refractivity contribution in [3.05, 3.63) is 22.2 Å². The van der Waals surface area contributed by atoms with Gasteiger partial charge in [-0.25, -0.2) is 4.98 Å². The highest BCUT2D eigenvalue weighted by Gasteiger charge is 2.07. The van der Waals surface area contributed by atoms with Crippen LogP contribution in [0.1, 0.15) is 45.9 Å². The van der Waals surface area contributed by atoms with Gasteiger partial charge in [-0.3, -0.25) is 4.79 Å². The van der Waals surface area contributed by atoms with E-state index in [0.29, 0.717) is 11.9 Å². The molecule has 1 rings (SSSR count). The van der Waals surface area contributed by atoms with E-state index in [-0.39, 0.29) is 11.5 Å². The smallest absolute Gasteiger partial charge is 0.252 e. The first kappa shape index (κ1) is 15.1. The lowest BCUT2D eigenvalue weighted by Crippen LogP contribution is -2.20. The molecule has 2 N–H and O–H groups in total. The second-order valence-electron chi connectivity index (χ2n) is 4.70. The van der Waals surface area contributed by atoms with Crippen molar-refractivity contribution < 1.29 is 0 Å². The van der Waals surface area contributed by atoms with Gasteiger partial charge in [0, 0.05) is 18.0 Å². The number of rotatable bonds is 7. The van der Waals surface area contributed by atoms with E-state index >= 15 is 0 Å². The number of nitrogens with zero attached hydrogens (tertiary/aromatic N) is 1. The number of anilines is 1. The third-order valence-corrected chi connectivity index (χ3v) is 3.53. The Labute approximate surface area is 113 Å². The maximum Gasteiger partial charge on any atom is 0.252 e. The number of thioether (sulfide) groups is 1. The van der Waals surface area contributed by atoms with Crippen LogP contribution in [-0.2, 0) is 0 Å². The van der Waals surface area contributed by atoms with E-state index in [2.05, 4.69) is 29.1 Å². The van der Waals surface area contributed by atoms with E-state index in [9.17, 15) is 4.79 Å². The molecule has 1 aromatic heterocycles. The van der Waals surface area contributed by atoms with Crippen molar-refractivity contribution >= 4 is 17.6 Å². The Bertz CT molecular complexity index is 417. The van der Waals surface area contributed by atoms with Crippen molar-refractivity contribution in [1.29, 1.82) is 0 Å². The SMILES string of the molecule is CCSCCC(C)Nc1cc(=O)[nH]c(C(C)C)n1. The maximum atomic E-state index is 11.5. The van der Waals surface area contributed by atoms with E-state index in [1.165, 1.54) is 6.07 Å². The monoisotopic (exact) mass is 269 g/mol. The van der Waals surface area contributed by atoms with Gasteiger partial charge in [0.05, 0.1) is 0 Å². The molecule has 0 amide bonds. The topological polar surface area (TPSA) is 57.8 Å². The fourth-order valence-electron chi connectivity index (χ4n) is 1.55. The molecule has 0 aliphatic rings. The van der Waals surface area contributed by atoms with Gasteiger partial charge >= 0.3 is 0 Å². The Morgan fingerprint density at radius 2 is 2.17 bits per heavy atom. The van der Waals surface area contributed by atoms with Gasteiger partial charge in [0.1, 0.15) is 11.6 Å². The van der Waals surface area contributed by atoms with Crippen LogP contribution in [0.3, 0.4) is 0 Å². The van der Waals surface area contributed by atoms with Gasteiger partial charge < -0.3 is 10.3 Å². The summed E-state index contributed by atoms with van der Waals surface area (Å²) in [4.78, 5) is 18.7. The summed E-state index contributed by atoms with van der Waals surface area (Å²) in [6, 6.07) is 1.85. The average molecular weight is 269 g/mol. The Hall–Kier alpha value is -0.970. The Morgan fingerprint density at radius 3 is 2.78 bits per heavy atom. The highest BCUT2D eigenvalue weighted by molar-refractivity contribution is 7.99. The standard InChI is InChI=1S/C13H23N3OS/c1-5-18-7-6-10(4)14-11-8-12(17)16-13(15-11)9(2)3/h8-10H,5-7H2,1-4H3,(H2,14,15,16,17). The molecule has 0 aromatic carbocycles. The molecule has 1 aromatic rings. The van der Waals surface area contributed by atoms with E-state index in [4.69, 9.17) is 0 Å². The van der Waals surface area contributed by atoms with Crippen LogP contribution in [0.2, 0.25) is 0 Å². The molecular weight excluding hydrogens is 246 g/mol. The summed E-state index contributed by atoms with van der Waals surface area (Å²) in [6.45, 7) is 8.32. The summed E-state index contributed by atoms with van der Waals surface area (Å²) in [7, 11) is 0. The summed E-state index contributed by atoms with van der Waals surface area (Å²) in [5.74, 6) is 3.92. The Morgan fingerprint density at radius 1 is 1.44 bits per heavy atom. The Kier molecular flexibility index (Phi) is 6.25. The molecule has 0 saturated carbocycles. The zero-order chi connectivity index (χ0) is 13.5. The minimum Gasteiger partial charge on any atom is -0.367 e. The second kappa shape index (κ2) is 7.46. The molecule has 102 valence electrons. The van der Waals surface area contributed by atoms with Crippen molar-refractivity contribution in [3.8, 4) is 0 Å². The summed E-state index contributed by atoms with van der Waals surface area (Å²) in [5, 5.41) is 3.29. The largest absolute Gasteiger partial charge is 0.367 e. The van der Waals surface area contributed by atoms with Crippen LogP contribution in [0.5, 0.6) is 0 Å². The molecule has 4 nitrogen and oxygen atoms in total. The fourth-order valence-corrected chi connectivity index (χ4v) is 2.36. The summed E-state index contributed by atoms with van der Waals surface area (Å²) >= 11 is 1.93. The molecule has 0 radical (unpaired) electrons. The molecule has 1 unspecified atom stereocenters. The van der Waals surface area contributed by atoms with Gasteiger partial charge in [-0.15, -0.1) is 0 Å². The van der Waals surface area contributed by atoms with Crippen molar-refractivity contribution in [2.75, 3.05) is 16.8 Å². The lowest BCUT2D eigenvalue weighted by Gasteiger charge is -2.15. The summed E-state index contributed by atoms with van der Waals surface area (Å²) in [5.41, 5.74) is -0.0914. The number of H-pyrrole nitrogens is 1. The molecule has 1 heterocycles.